The lowest BCUT2D eigenvalue weighted by Gasteiger charge is -2.34. The molecule has 2 heteroatoms. The van der Waals surface area contributed by atoms with Crippen molar-refractivity contribution in [1.29, 1.82) is 0 Å². The van der Waals surface area contributed by atoms with E-state index in [0.29, 0.717) is 6.04 Å². The summed E-state index contributed by atoms with van der Waals surface area (Å²) in [7, 11) is 0. The van der Waals surface area contributed by atoms with E-state index in [0.717, 1.165) is 19.0 Å². The van der Waals surface area contributed by atoms with Gasteiger partial charge in [0.05, 0.1) is 0 Å². The van der Waals surface area contributed by atoms with Crippen LogP contribution in [0.15, 0.2) is 24.3 Å². The van der Waals surface area contributed by atoms with Crippen molar-refractivity contribution in [3.8, 4) is 0 Å². The lowest BCUT2D eigenvalue weighted by molar-refractivity contribution is 0.318. The maximum Gasteiger partial charge on any atom is 0.0411 e. The number of hydrogen-bond donors (Lipinski definition) is 1. The Morgan fingerprint density at radius 2 is 2.00 bits per heavy atom. The standard InChI is InChI=1S/C17H28N2/c1-4-19(13-15-8-7-9-15)17-11-6-5-10-16(17)12-18-14(2)3/h5-6,10-11,14-15,18H,4,7-9,12-13H2,1-3H3. The maximum atomic E-state index is 3.54. The zero-order chi connectivity index (χ0) is 13.7. The SMILES string of the molecule is CCN(CC1CCC1)c1ccccc1CNC(C)C. The number of nitrogens with one attached hydrogen (secondary N) is 1. The zero-order valence-electron chi connectivity index (χ0n) is 12.7. The van der Waals surface area contributed by atoms with Gasteiger partial charge in [0.1, 0.15) is 0 Å². The molecular formula is C17H28N2. The number of nitrogens with zero attached hydrogens (tertiary/aromatic N) is 1. The summed E-state index contributed by atoms with van der Waals surface area (Å²) >= 11 is 0. The average Bonchev–Trinajstić information content (AvgIpc) is 2.36. The minimum Gasteiger partial charge on any atom is -0.371 e. The molecule has 0 aromatic heterocycles. The van der Waals surface area contributed by atoms with Crippen LogP contribution in [0.3, 0.4) is 0 Å². The lowest BCUT2D eigenvalue weighted by Crippen LogP contribution is -2.33. The van der Waals surface area contributed by atoms with E-state index in [2.05, 4.69) is 55.3 Å². The van der Waals surface area contributed by atoms with Crippen molar-refractivity contribution < 1.29 is 0 Å². The normalized spacial score (nSPS) is 15.6. The minimum absolute atomic E-state index is 0.537. The predicted molar refractivity (Wildman–Crippen MR) is 83.6 cm³/mol. The number of benzene rings is 1. The van der Waals surface area contributed by atoms with E-state index in [-0.39, 0.29) is 0 Å². The van der Waals surface area contributed by atoms with Gasteiger partial charge in [0, 0.05) is 31.4 Å². The quantitative estimate of drug-likeness (QED) is 0.802. The second-order valence-electron chi connectivity index (χ2n) is 6.00. The van der Waals surface area contributed by atoms with Crippen LogP contribution in [-0.4, -0.2) is 19.1 Å². The first kappa shape index (κ1) is 14.4. The molecule has 1 fully saturated rings. The van der Waals surface area contributed by atoms with Gasteiger partial charge in [-0.15, -0.1) is 0 Å². The van der Waals surface area contributed by atoms with Crippen molar-refractivity contribution in [1.82, 2.24) is 5.32 Å². The average molecular weight is 260 g/mol. The van der Waals surface area contributed by atoms with E-state index < -0.39 is 0 Å². The maximum absolute atomic E-state index is 3.54. The van der Waals surface area contributed by atoms with Crippen LogP contribution in [0.1, 0.15) is 45.6 Å². The lowest BCUT2D eigenvalue weighted by atomic mass is 9.85. The van der Waals surface area contributed by atoms with Gasteiger partial charge >= 0.3 is 0 Å². The van der Waals surface area contributed by atoms with Crippen LogP contribution in [0.5, 0.6) is 0 Å². The molecule has 0 amide bonds. The van der Waals surface area contributed by atoms with Crippen LogP contribution in [0.2, 0.25) is 0 Å². The van der Waals surface area contributed by atoms with E-state index in [1.165, 1.54) is 37.1 Å². The second kappa shape index (κ2) is 6.95. The summed E-state index contributed by atoms with van der Waals surface area (Å²) in [4.78, 5) is 2.56. The summed E-state index contributed by atoms with van der Waals surface area (Å²) in [5.74, 6) is 0.922. The van der Waals surface area contributed by atoms with E-state index >= 15 is 0 Å². The molecule has 0 unspecified atom stereocenters. The Morgan fingerprint density at radius 1 is 1.26 bits per heavy atom. The summed E-state index contributed by atoms with van der Waals surface area (Å²) in [5.41, 5.74) is 2.85. The van der Waals surface area contributed by atoms with Gasteiger partial charge < -0.3 is 10.2 Å². The Labute approximate surface area is 118 Å². The fraction of sp³-hybridized carbons (Fsp3) is 0.647. The monoisotopic (exact) mass is 260 g/mol. The molecule has 1 N–H and O–H groups in total. The Balaban J connectivity index is 2.06. The van der Waals surface area contributed by atoms with E-state index in [9.17, 15) is 0 Å². The summed E-state index contributed by atoms with van der Waals surface area (Å²) in [6.07, 6.45) is 4.27. The van der Waals surface area contributed by atoms with Gasteiger partial charge in [0.25, 0.3) is 0 Å². The van der Waals surface area contributed by atoms with Crippen molar-refractivity contribution in [3.63, 3.8) is 0 Å². The van der Waals surface area contributed by atoms with Gasteiger partial charge in [-0.1, -0.05) is 38.5 Å². The molecule has 0 radical (unpaired) electrons. The highest BCUT2D eigenvalue weighted by Crippen LogP contribution is 2.30. The van der Waals surface area contributed by atoms with Gasteiger partial charge in [-0.05, 0) is 37.3 Å². The number of hydrogen-bond acceptors (Lipinski definition) is 2. The smallest absolute Gasteiger partial charge is 0.0411 e. The van der Waals surface area contributed by atoms with Crippen molar-refractivity contribution in [2.24, 2.45) is 5.92 Å². The van der Waals surface area contributed by atoms with Crippen LogP contribution < -0.4 is 10.2 Å². The van der Waals surface area contributed by atoms with Gasteiger partial charge in [-0.3, -0.25) is 0 Å². The highest BCUT2D eigenvalue weighted by Gasteiger charge is 2.21. The molecule has 0 spiro atoms. The van der Waals surface area contributed by atoms with E-state index in [1.807, 2.05) is 0 Å². The highest BCUT2D eigenvalue weighted by molar-refractivity contribution is 5.53. The molecule has 0 atom stereocenters. The summed E-state index contributed by atoms with van der Waals surface area (Å²) in [6, 6.07) is 9.39. The molecule has 1 aromatic rings. The molecule has 2 rings (SSSR count). The third kappa shape index (κ3) is 3.97. The van der Waals surface area contributed by atoms with Crippen LogP contribution in [0.25, 0.3) is 0 Å². The zero-order valence-corrected chi connectivity index (χ0v) is 12.7. The third-order valence-corrected chi connectivity index (χ3v) is 4.12. The molecule has 1 aliphatic rings. The molecule has 2 nitrogen and oxygen atoms in total. The Bertz CT molecular complexity index is 383. The number of para-hydroxylation sites is 1. The molecule has 1 aromatic carbocycles. The van der Waals surface area contributed by atoms with Crippen LogP contribution in [0.4, 0.5) is 5.69 Å². The Kier molecular flexibility index (Phi) is 5.26. The fourth-order valence-electron chi connectivity index (χ4n) is 2.67. The molecule has 0 heterocycles. The van der Waals surface area contributed by atoms with Crippen LogP contribution >= 0.6 is 0 Å². The number of rotatable bonds is 7. The fourth-order valence-corrected chi connectivity index (χ4v) is 2.67. The Hall–Kier alpha value is -1.02. The molecular weight excluding hydrogens is 232 g/mol. The van der Waals surface area contributed by atoms with Crippen molar-refractivity contribution in [3.05, 3.63) is 29.8 Å². The van der Waals surface area contributed by atoms with Crippen molar-refractivity contribution in [2.45, 2.75) is 52.6 Å². The van der Waals surface area contributed by atoms with Gasteiger partial charge in [0.2, 0.25) is 0 Å². The van der Waals surface area contributed by atoms with Gasteiger partial charge in [0.15, 0.2) is 0 Å². The molecule has 0 aliphatic heterocycles. The minimum atomic E-state index is 0.537. The summed E-state index contributed by atoms with van der Waals surface area (Å²) in [6.45, 7) is 9.98. The largest absolute Gasteiger partial charge is 0.371 e. The highest BCUT2D eigenvalue weighted by atomic mass is 15.1. The first-order valence-corrected chi connectivity index (χ1v) is 7.77. The number of anilines is 1. The van der Waals surface area contributed by atoms with E-state index in [1.54, 1.807) is 0 Å². The first-order valence-electron chi connectivity index (χ1n) is 7.77. The summed E-state index contributed by atoms with van der Waals surface area (Å²) < 4.78 is 0. The third-order valence-electron chi connectivity index (χ3n) is 4.12. The van der Waals surface area contributed by atoms with Crippen molar-refractivity contribution >= 4 is 5.69 Å². The Morgan fingerprint density at radius 3 is 2.58 bits per heavy atom. The topological polar surface area (TPSA) is 15.3 Å². The van der Waals surface area contributed by atoms with Crippen LogP contribution in [0, 0.1) is 5.92 Å². The van der Waals surface area contributed by atoms with Gasteiger partial charge in [-0.25, -0.2) is 0 Å². The molecule has 19 heavy (non-hydrogen) atoms. The summed E-state index contributed by atoms with van der Waals surface area (Å²) in [5, 5.41) is 3.54. The van der Waals surface area contributed by atoms with Crippen LogP contribution in [-0.2, 0) is 6.54 Å². The molecule has 0 bridgehead atoms. The second-order valence-corrected chi connectivity index (χ2v) is 6.00. The predicted octanol–water partition coefficient (Wildman–Crippen LogP) is 3.81. The van der Waals surface area contributed by atoms with E-state index in [4.69, 9.17) is 0 Å². The first-order chi connectivity index (χ1) is 9.20. The van der Waals surface area contributed by atoms with Crippen molar-refractivity contribution in [2.75, 3.05) is 18.0 Å². The molecule has 106 valence electrons. The van der Waals surface area contributed by atoms with Gasteiger partial charge in [-0.2, -0.15) is 0 Å². The molecule has 1 saturated carbocycles. The molecule has 0 saturated heterocycles. The molecule has 1 aliphatic carbocycles.